The molecule has 1 atom stereocenters. The molecule has 0 bridgehead atoms. The molecule has 3 aromatic rings. The van der Waals surface area contributed by atoms with Crippen molar-refractivity contribution in [3.8, 4) is 0 Å². The molecular weight excluding hydrogens is 268 g/mol. The van der Waals surface area contributed by atoms with Gasteiger partial charge in [0.15, 0.2) is 0 Å². The number of para-hydroxylation sites is 2. The van der Waals surface area contributed by atoms with Gasteiger partial charge >= 0.3 is 0 Å². The fourth-order valence-corrected chi connectivity index (χ4v) is 2.94. The van der Waals surface area contributed by atoms with Crippen LogP contribution >= 0.6 is 0 Å². The average Bonchev–Trinajstić information content (AvgIpc) is 3.17. The quantitative estimate of drug-likeness (QED) is 0.656. The summed E-state index contributed by atoms with van der Waals surface area (Å²) < 4.78 is 0. The number of rotatable bonds is 2. The number of imidazole rings is 1. The number of anilines is 1. The highest BCUT2D eigenvalue weighted by Crippen LogP contribution is 2.32. The molecule has 0 spiro atoms. The first-order chi connectivity index (χ1) is 10.2. The molecule has 1 aromatic carbocycles. The van der Waals surface area contributed by atoms with Crippen molar-refractivity contribution in [2.24, 2.45) is 0 Å². The fraction of sp³-hybridized carbons (Fsp3) is 0.357. The van der Waals surface area contributed by atoms with Crippen LogP contribution in [-0.4, -0.2) is 43.6 Å². The molecule has 108 valence electrons. The van der Waals surface area contributed by atoms with Gasteiger partial charge in [-0.1, -0.05) is 12.1 Å². The Morgan fingerprint density at radius 1 is 1.29 bits per heavy atom. The minimum atomic E-state index is -0.982. The second-order valence-corrected chi connectivity index (χ2v) is 5.49. The lowest BCUT2D eigenvalue weighted by Gasteiger charge is -2.37. The molecular formula is C14H16N6O. The largest absolute Gasteiger partial charge is 0.382 e. The number of nitrogens with zero attached hydrogens (tertiary/aromatic N) is 4. The molecule has 0 saturated carbocycles. The lowest BCUT2D eigenvalue weighted by molar-refractivity contribution is 0.0173. The van der Waals surface area contributed by atoms with Crippen LogP contribution in [0.25, 0.3) is 11.0 Å². The van der Waals surface area contributed by atoms with E-state index in [1.807, 2.05) is 24.3 Å². The molecule has 1 aliphatic heterocycles. The standard InChI is InChI=1S/C14H16N6O/c21-14(12-8-15-19-18-12)6-3-7-20(9-14)13-16-10-4-1-2-5-11(10)17-13/h1-2,4-5,8,21H,3,6-7,9H2,(H,16,17)(H,15,18,19). The van der Waals surface area contributed by atoms with Crippen LogP contribution in [0.2, 0.25) is 0 Å². The fourth-order valence-electron chi connectivity index (χ4n) is 2.94. The van der Waals surface area contributed by atoms with Gasteiger partial charge in [-0.3, -0.25) is 0 Å². The smallest absolute Gasteiger partial charge is 0.203 e. The minimum absolute atomic E-state index is 0.458. The van der Waals surface area contributed by atoms with Crippen LogP contribution in [0.3, 0.4) is 0 Å². The summed E-state index contributed by atoms with van der Waals surface area (Å²) in [5.41, 5.74) is 1.54. The normalized spacial score (nSPS) is 22.8. The third-order valence-corrected chi connectivity index (χ3v) is 4.04. The Hall–Kier alpha value is -2.41. The van der Waals surface area contributed by atoms with Crippen LogP contribution in [0.4, 0.5) is 5.95 Å². The molecule has 1 saturated heterocycles. The summed E-state index contributed by atoms with van der Waals surface area (Å²) in [7, 11) is 0. The minimum Gasteiger partial charge on any atom is -0.382 e. The average molecular weight is 284 g/mol. The molecule has 0 aliphatic carbocycles. The van der Waals surface area contributed by atoms with Gasteiger partial charge in [-0.15, -0.1) is 0 Å². The van der Waals surface area contributed by atoms with Crippen LogP contribution in [0, 0.1) is 0 Å². The number of hydrogen-bond donors (Lipinski definition) is 3. The van der Waals surface area contributed by atoms with Gasteiger partial charge in [0.2, 0.25) is 5.95 Å². The summed E-state index contributed by atoms with van der Waals surface area (Å²) >= 11 is 0. The van der Waals surface area contributed by atoms with Crippen molar-refractivity contribution in [3.63, 3.8) is 0 Å². The van der Waals surface area contributed by atoms with Crippen molar-refractivity contribution in [2.45, 2.75) is 18.4 Å². The number of H-pyrrole nitrogens is 2. The van der Waals surface area contributed by atoms with Crippen LogP contribution in [0.5, 0.6) is 0 Å². The van der Waals surface area contributed by atoms with E-state index >= 15 is 0 Å². The van der Waals surface area contributed by atoms with Gasteiger partial charge in [0.25, 0.3) is 0 Å². The van der Waals surface area contributed by atoms with Crippen molar-refractivity contribution in [2.75, 3.05) is 18.0 Å². The molecule has 1 fully saturated rings. The molecule has 7 heteroatoms. The summed E-state index contributed by atoms with van der Waals surface area (Å²) in [6, 6.07) is 7.92. The summed E-state index contributed by atoms with van der Waals surface area (Å²) in [6.45, 7) is 1.32. The highest BCUT2D eigenvalue weighted by molar-refractivity contribution is 5.77. The van der Waals surface area contributed by atoms with E-state index in [4.69, 9.17) is 0 Å². The lowest BCUT2D eigenvalue weighted by atomic mass is 9.90. The Kier molecular flexibility index (Phi) is 2.68. The first kappa shape index (κ1) is 12.3. The highest BCUT2D eigenvalue weighted by Gasteiger charge is 2.38. The van der Waals surface area contributed by atoms with E-state index < -0.39 is 5.60 Å². The predicted molar refractivity (Wildman–Crippen MR) is 77.8 cm³/mol. The van der Waals surface area contributed by atoms with Gasteiger partial charge in [-0.05, 0) is 25.0 Å². The predicted octanol–water partition coefficient (Wildman–Crippen LogP) is 1.17. The van der Waals surface area contributed by atoms with Crippen molar-refractivity contribution < 1.29 is 5.11 Å². The summed E-state index contributed by atoms with van der Waals surface area (Å²) in [4.78, 5) is 9.97. The molecule has 3 N–H and O–H groups in total. The third-order valence-electron chi connectivity index (χ3n) is 4.04. The van der Waals surface area contributed by atoms with E-state index in [0.29, 0.717) is 18.7 Å². The number of aromatic amines is 2. The van der Waals surface area contributed by atoms with E-state index in [9.17, 15) is 5.11 Å². The van der Waals surface area contributed by atoms with Gasteiger partial charge in [0.05, 0.1) is 23.8 Å². The Morgan fingerprint density at radius 3 is 3.00 bits per heavy atom. The van der Waals surface area contributed by atoms with E-state index in [2.05, 4.69) is 30.3 Å². The molecule has 0 radical (unpaired) electrons. The summed E-state index contributed by atoms with van der Waals surface area (Å²) in [6.07, 6.45) is 3.14. The van der Waals surface area contributed by atoms with Gasteiger partial charge < -0.3 is 15.0 Å². The number of benzene rings is 1. The Balaban J connectivity index is 1.66. The molecule has 3 heterocycles. The number of piperidine rings is 1. The summed E-state index contributed by atoms with van der Waals surface area (Å²) in [5, 5.41) is 21.2. The van der Waals surface area contributed by atoms with Crippen molar-refractivity contribution in [1.82, 2.24) is 25.4 Å². The van der Waals surface area contributed by atoms with E-state index in [1.165, 1.54) is 0 Å². The second kappa shape index (κ2) is 4.56. The van der Waals surface area contributed by atoms with Crippen molar-refractivity contribution >= 4 is 17.0 Å². The van der Waals surface area contributed by atoms with Crippen LogP contribution in [0.1, 0.15) is 18.5 Å². The number of nitrogens with one attached hydrogen (secondary N) is 2. The monoisotopic (exact) mass is 284 g/mol. The SMILES string of the molecule is OC1(c2cn[nH]n2)CCCN(c2nc3ccccc3[nH]2)C1. The maximum Gasteiger partial charge on any atom is 0.203 e. The van der Waals surface area contributed by atoms with Crippen molar-refractivity contribution in [3.05, 3.63) is 36.2 Å². The number of aromatic nitrogens is 5. The molecule has 1 unspecified atom stereocenters. The van der Waals surface area contributed by atoms with Gasteiger partial charge in [0.1, 0.15) is 11.3 Å². The van der Waals surface area contributed by atoms with E-state index in [0.717, 1.165) is 29.9 Å². The topological polar surface area (TPSA) is 93.7 Å². The first-order valence-electron chi connectivity index (χ1n) is 7.03. The van der Waals surface area contributed by atoms with Crippen LogP contribution in [-0.2, 0) is 5.60 Å². The highest BCUT2D eigenvalue weighted by atomic mass is 16.3. The number of hydrogen-bond acceptors (Lipinski definition) is 5. The number of fused-ring (bicyclic) bond motifs is 1. The zero-order valence-corrected chi connectivity index (χ0v) is 11.5. The van der Waals surface area contributed by atoms with Gasteiger partial charge in [0, 0.05) is 6.54 Å². The zero-order valence-electron chi connectivity index (χ0n) is 11.5. The number of β-amino-alcohol motifs (C(OH)–C–C–N with tert-alkyl or cyclic N) is 1. The van der Waals surface area contributed by atoms with Crippen molar-refractivity contribution in [1.29, 1.82) is 0 Å². The first-order valence-corrected chi connectivity index (χ1v) is 7.03. The van der Waals surface area contributed by atoms with Crippen LogP contribution < -0.4 is 4.90 Å². The maximum absolute atomic E-state index is 10.8. The van der Waals surface area contributed by atoms with Gasteiger partial charge in [-0.25, -0.2) is 4.98 Å². The lowest BCUT2D eigenvalue weighted by Crippen LogP contribution is -2.46. The molecule has 4 rings (SSSR count). The zero-order chi connectivity index (χ0) is 14.3. The Bertz CT molecular complexity index is 719. The Labute approximate surface area is 121 Å². The second-order valence-electron chi connectivity index (χ2n) is 5.49. The molecule has 0 amide bonds. The van der Waals surface area contributed by atoms with E-state index in [-0.39, 0.29) is 0 Å². The molecule has 21 heavy (non-hydrogen) atoms. The maximum atomic E-state index is 10.8. The van der Waals surface area contributed by atoms with Gasteiger partial charge in [-0.2, -0.15) is 15.4 Å². The van der Waals surface area contributed by atoms with Crippen LogP contribution in [0.15, 0.2) is 30.5 Å². The number of aliphatic hydroxyl groups is 1. The van der Waals surface area contributed by atoms with E-state index in [1.54, 1.807) is 6.20 Å². The molecule has 2 aromatic heterocycles. The summed E-state index contributed by atoms with van der Waals surface area (Å²) in [5.74, 6) is 0.790. The molecule has 7 nitrogen and oxygen atoms in total. The Morgan fingerprint density at radius 2 is 2.19 bits per heavy atom. The third kappa shape index (κ3) is 2.06. The molecule has 1 aliphatic rings.